The fourth-order valence-electron chi connectivity index (χ4n) is 1.21. The lowest BCUT2D eigenvalue weighted by Crippen LogP contribution is -1.91. The van der Waals surface area contributed by atoms with Crippen LogP contribution in [0.15, 0.2) is 18.2 Å². The molecule has 1 aromatic carbocycles. The minimum Gasteiger partial charge on any atom is -0.207 e. The van der Waals surface area contributed by atoms with Gasteiger partial charge in [-0.1, -0.05) is 25.3 Å². The second-order valence-electron chi connectivity index (χ2n) is 3.05. The SMILES string of the molecule is C#Cc1ccc(CCCC)c(F)c1. The van der Waals surface area contributed by atoms with Gasteiger partial charge in [0.2, 0.25) is 0 Å². The van der Waals surface area contributed by atoms with Gasteiger partial charge in [0.1, 0.15) is 5.82 Å². The third-order valence-corrected chi connectivity index (χ3v) is 2.02. The van der Waals surface area contributed by atoms with Gasteiger partial charge in [0.15, 0.2) is 0 Å². The normalized spacial score (nSPS) is 9.62. The maximum Gasteiger partial charge on any atom is 0.127 e. The smallest absolute Gasteiger partial charge is 0.127 e. The third-order valence-electron chi connectivity index (χ3n) is 2.02. The second kappa shape index (κ2) is 4.67. The number of aryl methyl sites for hydroxylation is 1. The first-order valence-electron chi connectivity index (χ1n) is 4.53. The highest BCUT2D eigenvalue weighted by Crippen LogP contribution is 2.12. The Kier molecular flexibility index (Phi) is 3.52. The number of benzene rings is 1. The molecule has 1 rings (SSSR count). The zero-order valence-corrected chi connectivity index (χ0v) is 7.81. The average molecular weight is 176 g/mol. The Balaban J connectivity index is 2.81. The molecule has 0 aliphatic rings. The molecule has 0 radical (unpaired) electrons. The van der Waals surface area contributed by atoms with E-state index < -0.39 is 0 Å². The molecule has 0 unspecified atom stereocenters. The van der Waals surface area contributed by atoms with Crippen LogP contribution in [0.5, 0.6) is 0 Å². The number of hydrogen-bond acceptors (Lipinski definition) is 0. The lowest BCUT2D eigenvalue weighted by molar-refractivity contribution is 0.603. The zero-order chi connectivity index (χ0) is 9.68. The Morgan fingerprint density at radius 1 is 1.46 bits per heavy atom. The van der Waals surface area contributed by atoms with Crippen molar-refractivity contribution in [3.63, 3.8) is 0 Å². The van der Waals surface area contributed by atoms with E-state index in [0.29, 0.717) is 5.56 Å². The molecule has 13 heavy (non-hydrogen) atoms. The van der Waals surface area contributed by atoms with Crippen LogP contribution >= 0.6 is 0 Å². The van der Waals surface area contributed by atoms with Crippen molar-refractivity contribution in [3.05, 3.63) is 35.1 Å². The summed E-state index contributed by atoms with van der Waals surface area (Å²) < 4.78 is 13.3. The van der Waals surface area contributed by atoms with Crippen molar-refractivity contribution in [2.75, 3.05) is 0 Å². The standard InChI is InChI=1S/C12H13F/c1-3-5-6-11-8-7-10(4-2)9-12(11)13/h2,7-9H,3,5-6H2,1H3. The van der Waals surface area contributed by atoms with E-state index in [0.717, 1.165) is 24.8 Å². The molecule has 0 spiro atoms. The van der Waals surface area contributed by atoms with Crippen LogP contribution in [-0.2, 0) is 6.42 Å². The number of hydrogen-bond donors (Lipinski definition) is 0. The molecule has 0 bridgehead atoms. The number of terminal acetylenes is 1. The summed E-state index contributed by atoms with van der Waals surface area (Å²) in [6.07, 6.45) is 8.05. The molecule has 0 aliphatic heterocycles. The molecule has 0 saturated carbocycles. The van der Waals surface area contributed by atoms with Gasteiger partial charge in [-0.25, -0.2) is 4.39 Å². The van der Waals surface area contributed by atoms with Gasteiger partial charge in [0.05, 0.1) is 0 Å². The Hall–Kier alpha value is -1.29. The lowest BCUT2D eigenvalue weighted by atomic mass is 10.1. The van der Waals surface area contributed by atoms with Crippen LogP contribution in [0.1, 0.15) is 30.9 Å². The molecule has 0 atom stereocenters. The zero-order valence-electron chi connectivity index (χ0n) is 7.81. The lowest BCUT2D eigenvalue weighted by Gasteiger charge is -2.01. The van der Waals surface area contributed by atoms with Gasteiger partial charge in [-0.3, -0.25) is 0 Å². The third kappa shape index (κ3) is 2.59. The van der Waals surface area contributed by atoms with Gasteiger partial charge >= 0.3 is 0 Å². The number of halogens is 1. The maximum atomic E-state index is 13.3. The summed E-state index contributed by atoms with van der Waals surface area (Å²) in [7, 11) is 0. The summed E-state index contributed by atoms with van der Waals surface area (Å²) in [6.45, 7) is 2.09. The highest BCUT2D eigenvalue weighted by Gasteiger charge is 2.01. The minimum atomic E-state index is -0.177. The number of unbranched alkanes of at least 4 members (excludes halogenated alkanes) is 1. The van der Waals surface area contributed by atoms with Crippen LogP contribution in [0.3, 0.4) is 0 Å². The van der Waals surface area contributed by atoms with Gasteiger partial charge in [-0.2, -0.15) is 0 Å². The molecule has 0 fully saturated rings. The molecular weight excluding hydrogens is 163 g/mol. The number of rotatable bonds is 3. The van der Waals surface area contributed by atoms with Crippen molar-refractivity contribution in [2.24, 2.45) is 0 Å². The van der Waals surface area contributed by atoms with Crippen LogP contribution in [0, 0.1) is 18.2 Å². The van der Waals surface area contributed by atoms with E-state index in [1.54, 1.807) is 12.1 Å². The molecule has 0 N–H and O–H groups in total. The Bertz CT molecular complexity index is 320. The van der Waals surface area contributed by atoms with E-state index in [1.807, 2.05) is 0 Å². The topological polar surface area (TPSA) is 0 Å². The van der Waals surface area contributed by atoms with Gasteiger partial charge in [0, 0.05) is 5.56 Å². The minimum absolute atomic E-state index is 0.177. The van der Waals surface area contributed by atoms with Gasteiger partial charge in [0.25, 0.3) is 0 Å². The molecule has 0 saturated heterocycles. The van der Waals surface area contributed by atoms with E-state index in [1.165, 1.54) is 6.07 Å². The predicted octanol–water partition coefficient (Wildman–Crippen LogP) is 3.15. The molecule has 68 valence electrons. The van der Waals surface area contributed by atoms with Crippen LogP contribution in [0.2, 0.25) is 0 Å². The molecule has 0 aromatic heterocycles. The van der Waals surface area contributed by atoms with Gasteiger partial charge in [-0.15, -0.1) is 6.42 Å². The van der Waals surface area contributed by atoms with Gasteiger partial charge in [-0.05, 0) is 30.5 Å². The highest BCUT2D eigenvalue weighted by atomic mass is 19.1. The monoisotopic (exact) mass is 176 g/mol. The first kappa shape index (κ1) is 9.80. The molecule has 0 amide bonds. The van der Waals surface area contributed by atoms with E-state index in [-0.39, 0.29) is 5.82 Å². The average Bonchev–Trinajstić information content (AvgIpc) is 2.16. The van der Waals surface area contributed by atoms with Crippen molar-refractivity contribution in [1.82, 2.24) is 0 Å². The van der Waals surface area contributed by atoms with Crippen LogP contribution in [0.4, 0.5) is 4.39 Å². The summed E-state index contributed by atoms with van der Waals surface area (Å²) in [6, 6.07) is 4.99. The van der Waals surface area contributed by atoms with E-state index >= 15 is 0 Å². The summed E-state index contributed by atoms with van der Waals surface area (Å²) in [5.74, 6) is 2.23. The van der Waals surface area contributed by atoms with Crippen molar-refractivity contribution in [1.29, 1.82) is 0 Å². The summed E-state index contributed by atoms with van der Waals surface area (Å²) in [5.41, 5.74) is 1.37. The Morgan fingerprint density at radius 3 is 2.77 bits per heavy atom. The molecule has 1 heteroatoms. The quantitative estimate of drug-likeness (QED) is 0.620. The van der Waals surface area contributed by atoms with Crippen molar-refractivity contribution in [3.8, 4) is 12.3 Å². The summed E-state index contributed by atoms with van der Waals surface area (Å²) in [5, 5.41) is 0. The van der Waals surface area contributed by atoms with Crippen molar-refractivity contribution < 1.29 is 4.39 Å². The van der Waals surface area contributed by atoms with Crippen molar-refractivity contribution >= 4 is 0 Å². The second-order valence-corrected chi connectivity index (χ2v) is 3.05. The molecule has 0 nitrogen and oxygen atoms in total. The van der Waals surface area contributed by atoms with Gasteiger partial charge < -0.3 is 0 Å². The Morgan fingerprint density at radius 2 is 2.23 bits per heavy atom. The molecular formula is C12H13F. The molecule has 0 aliphatic carbocycles. The predicted molar refractivity (Wildman–Crippen MR) is 52.9 cm³/mol. The van der Waals surface area contributed by atoms with E-state index in [9.17, 15) is 4.39 Å². The maximum absolute atomic E-state index is 13.3. The largest absolute Gasteiger partial charge is 0.207 e. The molecule has 0 heterocycles. The van der Waals surface area contributed by atoms with Crippen molar-refractivity contribution in [2.45, 2.75) is 26.2 Å². The fraction of sp³-hybridized carbons (Fsp3) is 0.333. The Labute approximate surface area is 78.8 Å². The summed E-state index contributed by atoms with van der Waals surface area (Å²) in [4.78, 5) is 0. The molecule has 1 aromatic rings. The van der Waals surface area contributed by atoms with Crippen LogP contribution in [0.25, 0.3) is 0 Å². The van der Waals surface area contributed by atoms with Crippen LogP contribution in [-0.4, -0.2) is 0 Å². The van der Waals surface area contributed by atoms with E-state index in [2.05, 4.69) is 12.8 Å². The van der Waals surface area contributed by atoms with E-state index in [4.69, 9.17) is 6.42 Å². The first-order chi connectivity index (χ1) is 6.27. The fourth-order valence-corrected chi connectivity index (χ4v) is 1.21. The summed E-state index contributed by atoms with van der Waals surface area (Å²) >= 11 is 0. The van der Waals surface area contributed by atoms with Crippen LogP contribution < -0.4 is 0 Å². The highest BCUT2D eigenvalue weighted by molar-refractivity contribution is 5.35. The first-order valence-corrected chi connectivity index (χ1v) is 4.53.